The Morgan fingerprint density at radius 2 is 2.09 bits per heavy atom. The van der Waals surface area contributed by atoms with Gasteiger partial charge in [0.25, 0.3) is 5.91 Å². The molecule has 2 aromatic rings. The molecular formula is C17H18N2O2S. The van der Waals surface area contributed by atoms with Crippen LogP contribution in [0.2, 0.25) is 0 Å². The van der Waals surface area contributed by atoms with Gasteiger partial charge in [0.15, 0.2) is 5.43 Å². The van der Waals surface area contributed by atoms with E-state index in [4.69, 9.17) is 0 Å². The van der Waals surface area contributed by atoms with Crippen LogP contribution >= 0.6 is 11.8 Å². The molecule has 0 saturated carbocycles. The van der Waals surface area contributed by atoms with Gasteiger partial charge in [-0.1, -0.05) is 30.3 Å². The van der Waals surface area contributed by atoms with Crippen LogP contribution in [0.1, 0.15) is 27.7 Å². The summed E-state index contributed by atoms with van der Waals surface area (Å²) in [5, 5.41) is 0. The number of nitrogens with one attached hydrogen (secondary N) is 1. The number of thioether (sulfide) groups is 1. The highest BCUT2D eigenvalue weighted by Gasteiger charge is 2.30. The number of benzene rings is 1. The van der Waals surface area contributed by atoms with E-state index in [0.29, 0.717) is 6.54 Å². The largest absolute Gasteiger partial charge is 0.364 e. The number of H-pyrrole nitrogens is 1. The first-order chi connectivity index (χ1) is 10.7. The van der Waals surface area contributed by atoms with Gasteiger partial charge in [-0.15, -0.1) is 0 Å². The lowest BCUT2D eigenvalue weighted by Gasteiger charge is -2.35. The number of rotatable bonds is 2. The van der Waals surface area contributed by atoms with Crippen LogP contribution < -0.4 is 5.43 Å². The fourth-order valence-corrected chi connectivity index (χ4v) is 3.78. The average Bonchev–Trinajstić information content (AvgIpc) is 2.55. The zero-order valence-electron chi connectivity index (χ0n) is 12.4. The normalized spacial score (nSPS) is 18.2. The zero-order valence-corrected chi connectivity index (χ0v) is 13.2. The van der Waals surface area contributed by atoms with E-state index in [1.54, 1.807) is 6.92 Å². The molecule has 3 rings (SSSR count). The third-order valence-corrected chi connectivity index (χ3v) is 4.88. The molecule has 1 atom stereocenters. The average molecular weight is 314 g/mol. The van der Waals surface area contributed by atoms with Gasteiger partial charge in [-0.2, -0.15) is 11.8 Å². The third-order valence-electron chi connectivity index (χ3n) is 3.86. The minimum atomic E-state index is -0.216. The molecule has 114 valence electrons. The monoisotopic (exact) mass is 314 g/mol. The summed E-state index contributed by atoms with van der Waals surface area (Å²) in [6.45, 7) is 2.47. The number of aromatic nitrogens is 1. The minimum absolute atomic E-state index is 0.0214. The van der Waals surface area contributed by atoms with E-state index >= 15 is 0 Å². The Balaban J connectivity index is 1.93. The van der Waals surface area contributed by atoms with Crippen LogP contribution in [0.25, 0.3) is 0 Å². The molecular weight excluding hydrogens is 296 g/mol. The van der Waals surface area contributed by atoms with Gasteiger partial charge >= 0.3 is 0 Å². The highest BCUT2D eigenvalue weighted by Crippen LogP contribution is 2.30. The van der Waals surface area contributed by atoms with E-state index in [0.717, 1.165) is 22.8 Å². The topological polar surface area (TPSA) is 53.2 Å². The number of aryl methyl sites for hydroxylation is 1. The standard InChI is InChI=1S/C17H18N2O2S/c1-12-9-16(20)14(10-18-12)17(21)19-7-8-22-11-15(19)13-5-3-2-4-6-13/h2-6,9-10,15H,7-8,11H2,1H3,(H,18,20). The second-order valence-electron chi connectivity index (χ2n) is 5.39. The van der Waals surface area contributed by atoms with Crippen LogP contribution in [-0.4, -0.2) is 33.8 Å². The van der Waals surface area contributed by atoms with E-state index in [1.165, 1.54) is 12.3 Å². The highest BCUT2D eigenvalue weighted by atomic mass is 32.2. The maximum Gasteiger partial charge on any atom is 0.259 e. The summed E-state index contributed by atoms with van der Waals surface area (Å²) < 4.78 is 0. The van der Waals surface area contributed by atoms with Gasteiger partial charge in [0.1, 0.15) is 5.56 Å². The summed E-state index contributed by atoms with van der Waals surface area (Å²) >= 11 is 1.84. The first-order valence-electron chi connectivity index (χ1n) is 7.30. The predicted octanol–water partition coefficient (Wildman–Crippen LogP) is 2.61. The molecule has 1 amide bonds. The maximum atomic E-state index is 12.8. The molecule has 0 bridgehead atoms. The van der Waals surface area contributed by atoms with Crippen molar-refractivity contribution in [1.82, 2.24) is 9.88 Å². The van der Waals surface area contributed by atoms with Crippen molar-refractivity contribution in [2.75, 3.05) is 18.1 Å². The van der Waals surface area contributed by atoms with Gasteiger partial charge in [-0.3, -0.25) is 9.59 Å². The quantitative estimate of drug-likeness (QED) is 0.927. The summed E-state index contributed by atoms with van der Waals surface area (Å²) in [6, 6.07) is 11.5. The lowest BCUT2D eigenvalue weighted by atomic mass is 10.1. The number of aromatic amines is 1. The third kappa shape index (κ3) is 2.95. The molecule has 1 aliphatic rings. The second-order valence-corrected chi connectivity index (χ2v) is 6.54. The number of carbonyl (C=O) groups excluding carboxylic acids is 1. The molecule has 1 unspecified atom stereocenters. The summed E-state index contributed by atoms with van der Waals surface area (Å²) in [5.74, 6) is 1.58. The molecule has 1 N–H and O–H groups in total. The molecule has 4 nitrogen and oxygen atoms in total. The molecule has 0 aliphatic carbocycles. The summed E-state index contributed by atoms with van der Waals surface area (Å²) in [4.78, 5) is 29.7. The van der Waals surface area contributed by atoms with Crippen LogP contribution in [-0.2, 0) is 0 Å². The van der Waals surface area contributed by atoms with Gasteiger partial charge in [-0.05, 0) is 12.5 Å². The van der Waals surface area contributed by atoms with Gasteiger partial charge in [0.2, 0.25) is 0 Å². The molecule has 1 aromatic heterocycles. The zero-order chi connectivity index (χ0) is 15.5. The molecule has 1 saturated heterocycles. The van der Waals surface area contributed by atoms with Gasteiger partial charge < -0.3 is 9.88 Å². The van der Waals surface area contributed by atoms with Crippen molar-refractivity contribution in [2.24, 2.45) is 0 Å². The van der Waals surface area contributed by atoms with Crippen LogP contribution in [0.4, 0.5) is 0 Å². The number of amides is 1. The first-order valence-corrected chi connectivity index (χ1v) is 8.45. The Morgan fingerprint density at radius 1 is 1.32 bits per heavy atom. The van der Waals surface area contributed by atoms with Crippen LogP contribution in [0, 0.1) is 6.92 Å². The second kappa shape index (κ2) is 6.40. The van der Waals surface area contributed by atoms with E-state index < -0.39 is 0 Å². The Hall–Kier alpha value is -2.01. The fourth-order valence-electron chi connectivity index (χ4n) is 2.69. The lowest BCUT2D eigenvalue weighted by molar-refractivity contribution is 0.0699. The van der Waals surface area contributed by atoms with E-state index in [2.05, 4.69) is 4.98 Å². The number of hydrogen-bond acceptors (Lipinski definition) is 3. The van der Waals surface area contributed by atoms with Crippen LogP contribution in [0.15, 0.2) is 47.4 Å². The van der Waals surface area contributed by atoms with Crippen molar-refractivity contribution in [3.05, 3.63) is 69.6 Å². The van der Waals surface area contributed by atoms with Gasteiger partial charge in [0, 0.05) is 36.0 Å². The highest BCUT2D eigenvalue weighted by molar-refractivity contribution is 7.99. The Labute approximate surface area is 133 Å². The fraction of sp³-hybridized carbons (Fsp3) is 0.294. The number of nitrogens with zero attached hydrogens (tertiary/aromatic N) is 1. The Bertz CT molecular complexity index is 727. The molecule has 1 aliphatic heterocycles. The molecule has 1 aromatic carbocycles. The van der Waals surface area contributed by atoms with Crippen molar-refractivity contribution in [3.8, 4) is 0 Å². The molecule has 1 fully saturated rings. The maximum absolute atomic E-state index is 12.8. The number of pyridine rings is 1. The smallest absolute Gasteiger partial charge is 0.259 e. The Kier molecular flexibility index (Phi) is 4.34. The van der Waals surface area contributed by atoms with E-state index in [9.17, 15) is 9.59 Å². The van der Waals surface area contributed by atoms with E-state index in [-0.39, 0.29) is 22.9 Å². The summed E-state index contributed by atoms with van der Waals surface area (Å²) in [6.07, 6.45) is 1.53. The van der Waals surface area contributed by atoms with Crippen molar-refractivity contribution >= 4 is 17.7 Å². The number of hydrogen-bond donors (Lipinski definition) is 1. The first kappa shape index (κ1) is 14.9. The summed E-state index contributed by atoms with van der Waals surface area (Å²) in [5.41, 5.74) is 1.88. The Morgan fingerprint density at radius 3 is 2.82 bits per heavy atom. The van der Waals surface area contributed by atoms with Crippen molar-refractivity contribution in [3.63, 3.8) is 0 Å². The molecule has 22 heavy (non-hydrogen) atoms. The summed E-state index contributed by atoms with van der Waals surface area (Å²) in [7, 11) is 0. The van der Waals surface area contributed by atoms with Crippen LogP contribution in [0.5, 0.6) is 0 Å². The lowest BCUT2D eigenvalue weighted by Crippen LogP contribution is -2.42. The molecule has 0 spiro atoms. The van der Waals surface area contributed by atoms with Crippen LogP contribution in [0.3, 0.4) is 0 Å². The minimum Gasteiger partial charge on any atom is -0.364 e. The SMILES string of the molecule is Cc1cc(=O)c(C(=O)N2CCSCC2c2ccccc2)c[nH]1. The van der Waals surface area contributed by atoms with Crippen molar-refractivity contribution in [1.29, 1.82) is 0 Å². The van der Waals surface area contributed by atoms with Crippen molar-refractivity contribution in [2.45, 2.75) is 13.0 Å². The van der Waals surface area contributed by atoms with Crippen molar-refractivity contribution < 1.29 is 4.79 Å². The van der Waals surface area contributed by atoms with Gasteiger partial charge in [-0.25, -0.2) is 0 Å². The molecule has 5 heteroatoms. The molecule has 0 radical (unpaired) electrons. The predicted molar refractivity (Wildman–Crippen MR) is 89.3 cm³/mol. The number of carbonyl (C=O) groups is 1. The van der Waals surface area contributed by atoms with Gasteiger partial charge in [0.05, 0.1) is 6.04 Å². The van der Waals surface area contributed by atoms with E-state index in [1.807, 2.05) is 47.0 Å². The molecule has 2 heterocycles.